The Balaban J connectivity index is 1.47. The number of para-hydroxylation sites is 1. The maximum Gasteiger partial charge on any atom is 0.251 e. The van der Waals surface area contributed by atoms with Crippen molar-refractivity contribution in [3.05, 3.63) is 83.2 Å². The number of aryl methyl sites for hydroxylation is 2. The van der Waals surface area contributed by atoms with Crippen molar-refractivity contribution < 1.29 is 4.79 Å². The van der Waals surface area contributed by atoms with Crippen LogP contribution in [0.4, 0.5) is 0 Å². The highest BCUT2D eigenvalue weighted by atomic mass is 16.1. The lowest BCUT2D eigenvalue weighted by Crippen LogP contribution is -2.30. The van der Waals surface area contributed by atoms with Crippen molar-refractivity contribution in [1.29, 1.82) is 0 Å². The van der Waals surface area contributed by atoms with Gasteiger partial charge in [0.05, 0.1) is 11.4 Å². The van der Waals surface area contributed by atoms with E-state index < -0.39 is 0 Å². The Kier molecular flexibility index (Phi) is 8.01. The highest BCUT2D eigenvalue weighted by Gasteiger charge is 2.10. The van der Waals surface area contributed by atoms with E-state index in [1.165, 1.54) is 11.1 Å². The molecule has 3 aromatic rings. The third-order valence-electron chi connectivity index (χ3n) is 5.67. The molecule has 31 heavy (non-hydrogen) atoms. The molecule has 2 aromatic carbocycles. The molecule has 1 amide bonds. The molecular formula is C26H34N4O. The van der Waals surface area contributed by atoms with Gasteiger partial charge in [0.1, 0.15) is 0 Å². The third kappa shape index (κ3) is 6.28. The third-order valence-corrected chi connectivity index (χ3v) is 5.67. The van der Waals surface area contributed by atoms with Gasteiger partial charge in [0, 0.05) is 30.9 Å². The maximum absolute atomic E-state index is 12.5. The summed E-state index contributed by atoms with van der Waals surface area (Å²) in [5, 5.41) is 7.65. The Morgan fingerprint density at radius 1 is 1.10 bits per heavy atom. The predicted molar refractivity (Wildman–Crippen MR) is 127 cm³/mol. The van der Waals surface area contributed by atoms with Crippen LogP contribution in [0.3, 0.4) is 0 Å². The number of carbonyl (C=O) groups excluding carboxylic acids is 1. The first-order chi connectivity index (χ1) is 15.0. The standard InChI is InChI=1S/C26H34N4O/c1-5-29(20(2)3)18-22-13-15-23(16-14-22)26(31)27-17-9-10-24-19-30(28-21(24)4)25-11-7-6-8-12-25/h6-8,11-16,19-20H,5,9-10,17-18H2,1-4H3,(H,27,31). The van der Waals surface area contributed by atoms with Crippen LogP contribution in [0.2, 0.25) is 0 Å². The number of rotatable bonds is 10. The van der Waals surface area contributed by atoms with Crippen LogP contribution >= 0.6 is 0 Å². The second-order valence-corrected chi connectivity index (χ2v) is 8.23. The summed E-state index contributed by atoms with van der Waals surface area (Å²) in [6.07, 6.45) is 3.85. The van der Waals surface area contributed by atoms with Gasteiger partial charge >= 0.3 is 0 Å². The van der Waals surface area contributed by atoms with E-state index in [0.29, 0.717) is 18.2 Å². The number of carbonyl (C=O) groups is 1. The minimum Gasteiger partial charge on any atom is -0.352 e. The van der Waals surface area contributed by atoms with E-state index in [1.807, 2.05) is 54.1 Å². The highest BCUT2D eigenvalue weighted by molar-refractivity contribution is 5.94. The molecule has 0 aliphatic heterocycles. The van der Waals surface area contributed by atoms with Gasteiger partial charge in [-0.1, -0.05) is 37.3 Å². The largest absolute Gasteiger partial charge is 0.352 e. The molecule has 1 aromatic heterocycles. The van der Waals surface area contributed by atoms with Crippen LogP contribution in [0.1, 0.15) is 54.4 Å². The van der Waals surface area contributed by atoms with Gasteiger partial charge in [-0.3, -0.25) is 9.69 Å². The molecule has 5 nitrogen and oxygen atoms in total. The number of aromatic nitrogens is 2. The monoisotopic (exact) mass is 418 g/mol. The Labute approximate surface area is 186 Å². The summed E-state index contributed by atoms with van der Waals surface area (Å²) in [5.41, 5.74) is 5.26. The average Bonchev–Trinajstić information content (AvgIpc) is 3.16. The fourth-order valence-corrected chi connectivity index (χ4v) is 3.69. The molecule has 0 bridgehead atoms. The zero-order chi connectivity index (χ0) is 22.2. The average molecular weight is 419 g/mol. The molecule has 164 valence electrons. The van der Waals surface area contributed by atoms with E-state index >= 15 is 0 Å². The summed E-state index contributed by atoms with van der Waals surface area (Å²) < 4.78 is 1.92. The normalized spacial score (nSPS) is 11.3. The first-order valence-corrected chi connectivity index (χ1v) is 11.2. The lowest BCUT2D eigenvalue weighted by Gasteiger charge is -2.24. The van der Waals surface area contributed by atoms with Gasteiger partial charge in [-0.25, -0.2) is 4.68 Å². The van der Waals surface area contributed by atoms with Gasteiger partial charge in [0.25, 0.3) is 5.91 Å². The van der Waals surface area contributed by atoms with Crippen molar-refractivity contribution in [1.82, 2.24) is 20.0 Å². The Morgan fingerprint density at radius 2 is 1.81 bits per heavy atom. The fraction of sp³-hybridized carbons (Fsp3) is 0.385. The summed E-state index contributed by atoms with van der Waals surface area (Å²) in [4.78, 5) is 14.9. The van der Waals surface area contributed by atoms with Crippen LogP contribution in [-0.4, -0.2) is 39.7 Å². The van der Waals surface area contributed by atoms with E-state index in [9.17, 15) is 4.79 Å². The molecule has 0 unspecified atom stereocenters. The number of hydrogen-bond acceptors (Lipinski definition) is 3. The molecule has 0 aliphatic rings. The second-order valence-electron chi connectivity index (χ2n) is 8.23. The van der Waals surface area contributed by atoms with E-state index in [-0.39, 0.29) is 5.91 Å². The van der Waals surface area contributed by atoms with Crippen LogP contribution in [0.15, 0.2) is 60.8 Å². The van der Waals surface area contributed by atoms with Gasteiger partial charge in [0.15, 0.2) is 0 Å². The molecular weight excluding hydrogens is 384 g/mol. The molecule has 0 fully saturated rings. The number of hydrogen-bond donors (Lipinski definition) is 1. The minimum absolute atomic E-state index is 0.0144. The molecule has 3 rings (SSSR count). The molecule has 1 heterocycles. The smallest absolute Gasteiger partial charge is 0.251 e. The van der Waals surface area contributed by atoms with Gasteiger partial charge in [-0.05, 0) is 75.5 Å². The van der Waals surface area contributed by atoms with Crippen molar-refractivity contribution >= 4 is 5.91 Å². The molecule has 1 N–H and O–H groups in total. The second kappa shape index (κ2) is 10.9. The van der Waals surface area contributed by atoms with Crippen molar-refractivity contribution in [3.8, 4) is 5.69 Å². The van der Waals surface area contributed by atoms with Gasteiger partial charge < -0.3 is 5.32 Å². The van der Waals surface area contributed by atoms with Crippen molar-refractivity contribution in [2.75, 3.05) is 13.1 Å². The summed E-state index contributed by atoms with van der Waals surface area (Å²) in [5.74, 6) is -0.0144. The van der Waals surface area contributed by atoms with Crippen molar-refractivity contribution in [2.24, 2.45) is 0 Å². The quantitative estimate of drug-likeness (QED) is 0.482. The highest BCUT2D eigenvalue weighted by Crippen LogP contribution is 2.14. The number of benzene rings is 2. The van der Waals surface area contributed by atoms with Crippen LogP contribution in [0.25, 0.3) is 5.69 Å². The summed E-state index contributed by atoms with van der Waals surface area (Å²) >= 11 is 0. The topological polar surface area (TPSA) is 50.2 Å². The van der Waals surface area contributed by atoms with Gasteiger partial charge in [-0.2, -0.15) is 5.10 Å². The summed E-state index contributed by atoms with van der Waals surface area (Å²) in [6, 6.07) is 18.6. The van der Waals surface area contributed by atoms with Crippen LogP contribution in [-0.2, 0) is 13.0 Å². The van der Waals surface area contributed by atoms with Crippen LogP contribution in [0.5, 0.6) is 0 Å². The van der Waals surface area contributed by atoms with Gasteiger partial charge in [-0.15, -0.1) is 0 Å². The SMILES string of the molecule is CCN(Cc1ccc(C(=O)NCCCc2cn(-c3ccccc3)nc2C)cc1)C(C)C. The zero-order valence-corrected chi connectivity index (χ0v) is 19.1. The Hall–Kier alpha value is -2.92. The summed E-state index contributed by atoms with van der Waals surface area (Å²) in [7, 11) is 0. The molecule has 0 radical (unpaired) electrons. The number of nitrogens with one attached hydrogen (secondary N) is 1. The first-order valence-electron chi connectivity index (χ1n) is 11.2. The molecule has 0 aliphatic carbocycles. The molecule has 0 saturated carbocycles. The van der Waals surface area contributed by atoms with E-state index in [0.717, 1.165) is 37.3 Å². The molecule has 5 heteroatoms. The number of nitrogens with zero attached hydrogens (tertiary/aromatic N) is 3. The Bertz CT molecular complexity index is 961. The zero-order valence-electron chi connectivity index (χ0n) is 19.1. The van der Waals surface area contributed by atoms with Crippen LogP contribution in [0, 0.1) is 6.92 Å². The van der Waals surface area contributed by atoms with E-state index in [1.54, 1.807) is 0 Å². The number of amides is 1. The molecule has 0 saturated heterocycles. The van der Waals surface area contributed by atoms with Crippen LogP contribution < -0.4 is 5.32 Å². The van der Waals surface area contributed by atoms with Crippen molar-refractivity contribution in [2.45, 2.75) is 53.1 Å². The fourth-order valence-electron chi connectivity index (χ4n) is 3.69. The van der Waals surface area contributed by atoms with Crippen molar-refractivity contribution in [3.63, 3.8) is 0 Å². The lowest BCUT2D eigenvalue weighted by atomic mass is 10.1. The molecule has 0 spiro atoms. The maximum atomic E-state index is 12.5. The summed E-state index contributed by atoms with van der Waals surface area (Å²) in [6.45, 7) is 11.2. The molecule has 0 atom stereocenters. The lowest BCUT2D eigenvalue weighted by molar-refractivity contribution is 0.0953. The predicted octanol–water partition coefficient (Wildman–Crippen LogP) is 4.77. The first kappa shape index (κ1) is 22.8. The van der Waals surface area contributed by atoms with Gasteiger partial charge in [0.2, 0.25) is 0 Å². The van der Waals surface area contributed by atoms with E-state index in [2.05, 4.69) is 54.4 Å². The van der Waals surface area contributed by atoms with E-state index in [4.69, 9.17) is 0 Å². The Morgan fingerprint density at radius 3 is 2.45 bits per heavy atom. The minimum atomic E-state index is -0.0144.